The van der Waals surface area contributed by atoms with Crippen molar-refractivity contribution in [2.24, 2.45) is 0 Å². The van der Waals surface area contributed by atoms with Crippen LogP contribution in [0.5, 0.6) is 5.75 Å². The molecular formula is C23H20N4O2S. The van der Waals surface area contributed by atoms with E-state index in [0.717, 1.165) is 33.3 Å². The predicted octanol–water partition coefficient (Wildman–Crippen LogP) is 4.96. The fourth-order valence-corrected chi connectivity index (χ4v) is 3.72. The molecule has 0 aliphatic carbocycles. The molecule has 7 heteroatoms. The number of rotatable bonds is 6. The van der Waals surface area contributed by atoms with Crippen molar-refractivity contribution in [3.05, 3.63) is 83.5 Å². The van der Waals surface area contributed by atoms with Gasteiger partial charge in [0.15, 0.2) is 0 Å². The van der Waals surface area contributed by atoms with E-state index in [1.807, 2.05) is 66.9 Å². The first-order chi connectivity index (χ1) is 14.6. The number of amides is 1. The third kappa shape index (κ3) is 4.31. The van der Waals surface area contributed by atoms with Gasteiger partial charge in [-0.05, 0) is 42.8 Å². The molecule has 0 radical (unpaired) electrons. The first-order valence-electron chi connectivity index (χ1n) is 9.33. The standard InChI is InChI=1S/C23H20N4O2S/c1-16-15-30-23(25-16)20-14-24-27(18-6-4-3-5-7-18)22(20)26-21(28)13-10-17-8-11-19(29-2)12-9-17/h3-15H,1-2H3,(H,26,28). The number of nitrogens with zero attached hydrogens (tertiary/aromatic N) is 3. The highest BCUT2D eigenvalue weighted by atomic mass is 32.1. The van der Waals surface area contributed by atoms with Gasteiger partial charge in [-0.3, -0.25) is 4.79 Å². The molecule has 1 amide bonds. The fourth-order valence-electron chi connectivity index (χ4n) is 2.91. The Kier molecular flexibility index (Phi) is 5.72. The Balaban J connectivity index is 1.63. The van der Waals surface area contributed by atoms with Crippen molar-refractivity contribution in [2.45, 2.75) is 6.92 Å². The number of methoxy groups -OCH3 is 1. The van der Waals surface area contributed by atoms with Crippen LogP contribution < -0.4 is 10.1 Å². The highest BCUT2D eigenvalue weighted by Gasteiger charge is 2.18. The molecule has 0 aliphatic heterocycles. The molecule has 1 N–H and O–H groups in total. The summed E-state index contributed by atoms with van der Waals surface area (Å²) in [5, 5.41) is 10.3. The van der Waals surface area contributed by atoms with E-state index in [9.17, 15) is 4.79 Å². The molecule has 4 rings (SSSR count). The Morgan fingerprint density at radius 3 is 2.57 bits per heavy atom. The Morgan fingerprint density at radius 2 is 1.90 bits per heavy atom. The van der Waals surface area contributed by atoms with Crippen molar-refractivity contribution >= 4 is 29.1 Å². The lowest BCUT2D eigenvalue weighted by atomic mass is 10.2. The van der Waals surface area contributed by atoms with Crippen LogP contribution >= 0.6 is 11.3 Å². The van der Waals surface area contributed by atoms with Crippen molar-refractivity contribution in [2.75, 3.05) is 12.4 Å². The van der Waals surface area contributed by atoms with Gasteiger partial charge in [0.05, 0.1) is 24.6 Å². The van der Waals surface area contributed by atoms with Crippen molar-refractivity contribution in [1.82, 2.24) is 14.8 Å². The molecule has 2 aromatic carbocycles. The number of carbonyl (C=O) groups is 1. The van der Waals surface area contributed by atoms with Gasteiger partial charge in [-0.25, -0.2) is 9.67 Å². The monoisotopic (exact) mass is 416 g/mol. The summed E-state index contributed by atoms with van der Waals surface area (Å²) in [6.07, 6.45) is 4.99. The number of carbonyl (C=O) groups excluding carboxylic acids is 1. The number of aromatic nitrogens is 3. The largest absolute Gasteiger partial charge is 0.497 e. The summed E-state index contributed by atoms with van der Waals surface area (Å²) in [5.74, 6) is 1.10. The third-order valence-corrected chi connectivity index (χ3v) is 5.40. The summed E-state index contributed by atoms with van der Waals surface area (Å²) in [4.78, 5) is 17.2. The molecule has 2 heterocycles. The quantitative estimate of drug-likeness (QED) is 0.451. The molecule has 0 spiro atoms. The van der Waals surface area contributed by atoms with Gasteiger partial charge in [0.2, 0.25) is 5.91 Å². The van der Waals surface area contributed by atoms with Crippen LogP contribution in [0.4, 0.5) is 5.82 Å². The van der Waals surface area contributed by atoms with Crippen LogP contribution in [0.1, 0.15) is 11.3 Å². The van der Waals surface area contributed by atoms with Crippen LogP contribution in [-0.2, 0) is 4.79 Å². The van der Waals surface area contributed by atoms with Gasteiger partial charge in [-0.2, -0.15) is 5.10 Å². The Labute approximate surface area is 178 Å². The summed E-state index contributed by atoms with van der Waals surface area (Å²) in [6, 6.07) is 17.2. The smallest absolute Gasteiger partial charge is 0.249 e. The van der Waals surface area contributed by atoms with Crippen LogP contribution in [0.3, 0.4) is 0 Å². The van der Waals surface area contributed by atoms with Gasteiger partial charge in [0, 0.05) is 17.2 Å². The first kappa shape index (κ1) is 19.6. The SMILES string of the molecule is COc1ccc(C=CC(=O)Nc2c(-c3nc(C)cs3)cnn2-c2ccccc2)cc1. The van der Waals surface area contributed by atoms with Crippen molar-refractivity contribution in [3.8, 4) is 22.0 Å². The minimum Gasteiger partial charge on any atom is -0.497 e. The summed E-state index contributed by atoms with van der Waals surface area (Å²) in [5.41, 5.74) is 3.46. The van der Waals surface area contributed by atoms with Gasteiger partial charge in [0.25, 0.3) is 0 Å². The van der Waals surface area contributed by atoms with Crippen LogP contribution in [0, 0.1) is 6.92 Å². The highest BCUT2D eigenvalue weighted by Crippen LogP contribution is 2.32. The predicted molar refractivity (Wildman–Crippen MR) is 120 cm³/mol. The van der Waals surface area contributed by atoms with Crippen molar-refractivity contribution in [3.63, 3.8) is 0 Å². The molecule has 0 aliphatic rings. The lowest BCUT2D eigenvalue weighted by Gasteiger charge is -2.09. The summed E-state index contributed by atoms with van der Waals surface area (Å²) in [7, 11) is 1.62. The zero-order valence-electron chi connectivity index (χ0n) is 16.6. The van der Waals surface area contributed by atoms with Gasteiger partial charge in [-0.15, -0.1) is 11.3 Å². The second kappa shape index (κ2) is 8.75. The number of nitrogens with one attached hydrogen (secondary N) is 1. The maximum atomic E-state index is 12.7. The normalized spacial score (nSPS) is 11.0. The van der Waals surface area contributed by atoms with Crippen LogP contribution in [0.15, 0.2) is 72.3 Å². The number of aryl methyl sites for hydroxylation is 1. The van der Waals surface area contributed by atoms with E-state index in [1.165, 1.54) is 17.4 Å². The zero-order valence-corrected chi connectivity index (χ0v) is 17.4. The molecule has 0 fully saturated rings. The van der Waals surface area contributed by atoms with Crippen LogP contribution in [-0.4, -0.2) is 27.8 Å². The van der Waals surface area contributed by atoms with E-state index in [4.69, 9.17) is 4.74 Å². The van der Waals surface area contributed by atoms with Gasteiger partial charge < -0.3 is 10.1 Å². The second-order valence-corrected chi connectivity index (χ2v) is 7.40. The molecule has 0 saturated carbocycles. The third-order valence-electron chi connectivity index (χ3n) is 4.40. The maximum absolute atomic E-state index is 12.7. The van der Waals surface area contributed by atoms with Gasteiger partial charge >= 0.3 is 0 Å². The number of para-hydroxylation sites is 1. The van der Waals surface area contributed by atoms with E-state index < -0.39 is 0 Å². The van der Waals surface area contributed by atoms with Crippen molar-refractivity contribution in [1.29, 1.82) is 0 Å². The Hall–Kier alpha value is -3.71. The molecule has 2 aromatic heterocycles. The lowest BCUT2D eigenvalue weighted by Crippen LogP contribution is -2.13. The van der Waals surface area contributed by atoms with E-state index in [0.29, 0.717) is 5.82 Å². The molecule has 0 saturated heterocycles. The number of hydrogen-bond donors (Lipinski definition) is 1. The summed E-state index contributed by atoms with van der Waals surface area (Å²) >= 11 is 1.52. The Bertz CT molecular complexity index is 1180. The van der Waals surface area contributed by atoms with E-state index in [2.05, 4.69) is 15.4 Å². The molecule has 4 aromatic rings. The average Bonchev–Trinajstić information content (AvgIpc) is 3.39. The number of hydrogen-bond acceptors (Lipinski definition) is 5. The zero-order chi connectivity index (χ0) is 20.9. The maximum Gasteiger partial charge on any atom is 0.249 e. The van der Waals surface area contributed by atoms with Crippen LogP contribution in [0.25, 0.3) is 22.3 Å². The highest BCUT2D eigenvalue weighted by molar-refractivity contribution is 7.13. The first-order valence-corrected chi connectivity index (χ1v) is 10.2. The fraction of sp³-hybridized carbons (Fsp3) is 0.0870. The number of thiazole rings is 1. The number of benzene rings is 2. The molecule has 0 atom stereocenters. The molecule has 0 unspecified atom stereocenters. The second-order valence-electron chi connectivity index (χ2n) is 6.54. The average molecular weight is 417 g/mol. The van der Waals surface area contributed by atoms with Crippen molar-refractivity contribution < 1.29 is 9.53 Å². The number of ether oxygens (including phenoxy) is 1. The molecule has 0 bridgehead atoms. The van der Waals surface area contributed by atoms with E-state index >= 15 is 0 Å². The minimum absolute atomic E-state index is 0.252. The van der Waals surface area contributed by atoms with Gasteiger partial charge in [0.1, 0.15) is 16.6 Å². The Morgan fingerprint density at radius 1 is 1.13 bits per heavy atom. The number of anilines is 1. The molecule has 6 nitrogen and oxygen atoms in total. The van der Waals surface area contributed by atoms with Crippen LogP contribution in [0.2, 0.25) is 0 Å². The topological polar surface area (TPSA) is 69.0 Å². The minimum atomic E-state index is -0.252. The molecule has 150 valence electrons. The van der Waals surface area contributed by atoms with E-state index in [-0.39, 0.29) is 5.91 Å². The summed E-state index contributed by atoms with van der Waals surface area (Å²) in [6.45, 7) is 1.94. The molecule has 30 heavy (non-hydrogen) atoms. The van der Waals surface area contributed by atoms with Gasteiger partial charge in [-0.1, -0.05) is 30.3 Å². The molecular weight excluding hydrogens is 396 g/mol. The summed E-state index contributed by atoms with van der Waals surface area (Å²) < 4.78 is 6.87. The van der Waals surface area contributed by atoms with E-state index in [1.54, 1.807) is 24.1 Å². The lowest BCUT2D eigenvalue weighted by molar-refractivity contribution is -0.111.